The monoisotopic (exact) mass is 230 g/mol. The van der Waals surface area contributed by atoms with Crippen molar-refractivity contribution in [2.75, 3.05) is 26.4 Å². The molecule has 0 spiro atoms. The summed E-state index contributed by atoms with van der Waals surface area (Å²) >= 11 is 0. The van der Waals surface area contributed by atoms with Crippen LogP contribution in [0.25, 0.3) is 0 Å². The molecule has 2 fully saturated rings. The standard InChI is InChI=1S/C11H22O3Si/c15-11(4-1-2-7-14-11)5-3-6-12-8-10-9-13-10/h10H,1-9H2,15H3. The lowest BCUT2D eigenvalue weighted by molar-refractivity contribution is -0.0281. The Bertz CT molecular complexity index is 188. The molecule has 2 atom stereocenters. The Morgan fingerprint density at radius 3 is 2.93 bits per heavy atom. The predicted molar refractivity (Wildman–Crippen MR) is 62.3 cm³/mol. The van der Waals surface area contributed by atoms with Crippen molar-refractivity contribution in [3.63, 3.8) is 0 Å². The first-order valence-electron chi connectivity index (χ1n) is 6.12. The fraction of sp³-hybridized carbons (Fsp3) is 1.00. The molecule has 4 heteroatoms. The molecule has 0 amide bonds. The van der Waals surface area contributed by atoms with E-state index >= 15 is 0 Å². The summed E-state index contributed by atoms with van der Waals surface area (Å²) in [6, 6.07) is 0. The summed E-state index contributed by atoms with van der Waals surface area (Å²) in [6.07, 6.45) is 6.59. The molecule has 0 aromatic rings. The lowest BCUT2D eigenvalue weighted by atomic mass is 10.0. The van der Waals surface area contributed by atoms with Gasteiger partial charge in [0, 0.05) is 28.7 Å². The SMILES string of the molecule is [SiH3]C1(CCCOCC2CO2)CCCCO1. The van der Waals surface area contributed by atoms with Gasteiger partial charge in [0.2, 0.25) is 0 Å². The minimum absolute atomic E-state index is 0.262. The summed E-state index contributed by atoms with van der Waals surface area (Å²) in [5.74, 6) is 0. The van der Waals surface area contributed by atoms with E-state index in [1.807, 2.05) is 0 Å². The zero-order chi connectivity index (χ0) is 10.6. The number of hydrogen-bond donors (Lipinski definition) is 0. The van der Waals surface area contributed by atoms with E-state index < -0.39 is 0 Å². The molecule has 3 nitrogen and oxygen atoms in total. The molecule has 15 heavy (non-hydrogen) atoms. The number of hydrogen-bond acceptors (Lipinski definition) is 3. The maximum absolute atomic E-state index is 5.89. The first-order valence-corrected chi connectivity index (χ1v) is 7.12. The fourth-order valence-corrected chi connectivity index (χ4v) is 3.03. The van der Waals surface area contributed by atoms with Crippen LogP contribution in [-0.2, 0) is 14.2 Å². The zero-order valence-corrected chi connectivity index (χ0v) is 11.7. The normalized spacial score (nSPS) is 35.6. The van der Waals surface area contributed by atoms with Crippen molar-refractivity contribution in [1.82, 2.24) is 0 Å². The van der Waals surface area contributed by atoms with Gasteiger partial charge in [0.25, 0.3) is 0 Å². The highest BCUT2D eigenvalue weighted by molar-refractivity contribution is 6.14. The third-order valence-electron chi connectivity index (χ3n) is 3.25. The van der Waals surface area contributed by atoms with Gasteiger partial charge in [-0.1, -0.05) is 0 Å². The molecule has 0 aromatic heterocycles. The highest BCUT2D eigenvalue weighted by atomic mass is 28.1. The van der Waals surface area contributed by atoms with Gasteiger partial charge in [-0.2, -0.15) is 0 Å². The second-order valence-corrected chi connectivity index (χ2v) is 6.71. The molecule has 0 aromatic carbocycles. The van der Waals surface area contributed by atoms with Crippen LogP contribution in [0.5, 0.6) is 0 Å². The van der Waals surface area contributed by atoms with Crippen LogP contribution in [0.4, 0.5) is 0 Å². The highest BCUT2D eigenvalue weighted by Crippen LogP contribution is 2.26. The van der Waals surface area contributed by atoms with Crippen molar-refractivity contribution in [2.45, 2.75) is 43.4 Å². The highest BCUT2D eigenvalue weighted by Gasteiger charge is 2.27. The van der Waals surface area contributed by atoms with Crippen molar-refractivity contribution >= 4 is 10.2 Å². The average Bonchev–Trinajstić information content (AvgIpc) is 3.02. The molecule has 0 bridgehead atoms. The van der Waals surface area contributed by atoms with E-state index in [1.54, 1.807) is 0 Å². The van der Waals surface area contributed by atoms with E-state index in [0.29, 0.717) is 6.10 Å². The van der Waals surface area contributed by atoms with E-state index in [2.05, 4.69) is 0 Å². The molecular weight excluding hydrogens is 208 g/mol. The summed E-state index contributed by atoms with van der Waals surface area (Å²) in [7, 11) is 1.15. The van der Waals surface area contributed by atoms with Gasteiger partial charge in [-0.15, -0.1) is 0 Å². The number of epoxide rings is 1. The Morgan fingerprint density at radius 1 is 1.40 bits per heavy atom. The summed E-state index contributed by atoms with van der Waals surface area (Å²) in [6.45, 7) is 3.52. The van der Waals surface area contributed by atoms with Gasteiger partial charge >= 0.3 is 0 Å². The van der Waals surface area contributed by atoms with Crippen LogP contribution >= 0.6 is 0 Å². The molecule has 0 aliphatic carbocycles. The van der Waals surface area contributed by atoms with Gasteiger partial charge < -0.3 is 14.2 Å². The lowest BCUT2D eigenvalue weighted by Crippen LogP contribution is -2.37. The van der Waals surface area contributed by atoms with Crippen molar-refractivity contribution in [2.24, 2.45) is 0 Å². The molecule has 88 valence electrons. The molecule has 2 aliphatic heterocycles. The van der Waals surface area contributed by atoms with Crippen LogP contribution in [0.1, 0.15) is 32.1 Å². The molecule has 0 N–H and O–H groups in total. The predicted octanol–water partition coefficient (Wildman–Crippen LogP) is 0.444. The molecule has 2 heterocycles. The second-order valence-electron chi connectivity index (χ2n) is 4.89. The van der Waals surface area contributed by atoms with Crippen LogP contribution in [0, 0.1) is 0 Å². The van der Waals surface area contributed by atoms with Gasteiger partial charge in [0.15, 0.2) is 0 Å². The zero-order valence-electron chi connectivity index (χ0n) is 9.67. The van der Waals surface area contributed by atoms with Crippen molar-refractivity contribution in [1.29, 1.82) is 0 Å². The van der Waals surface area contributed by atoms with Crippen molar-refractivity contribution in [3.05, 3.63) is 0 Å². The first-order chi connectivity index (χ1) is 7.29. The maximum Gasteiger partial charge on any atom is 0.104 e. The molecular formula is C11H22O3Si. The van der Waals surface area contributed by atoms with E-state index in [0.717, 1.165) is 43.1 Å². The Morgan fingerprint density at radius 2 is 2.27 bits per heavy atom. The maximum atomic E-state index is 5.89. The van der Waals surface area contributed by atoms with Gasteiger partial charge in [-0.05, 0) is 32.1 Å². The molecule has 2 unspecified atom stereocenters. The molecule has 2 saturated heterocycles. The minimum Gasteiger partial charge on any atom is -0.380 e. The van der Waals surface area contributed by atoms with Gasteiger partial charge in [-0.25, -0.2) is 0 Å². The Hall–Kier alpha value is 0.0969. The van der Waals surface area contributed by atoms with Gasteiger partial charge in [0.05, 0.1) is 13.2 Å². The summed E-state index contributed by atoms with van der Waals surface area (Å²) in [5.41, 5.74) is 0. The van der Waals surface area contributed by atoms with E-state index in [4.69, 9.17) is 14.2 Å². The average molecular weight is 230 g/mol. The fourth-order valence-electron chi connectivity index (χ4n) is 2.12. The Balaban J connectivity index is 1.51. The van der Waals surface area contributed by atoms with Crippen LogP contribution < -0.4 is 0 Å². The third kappa shape index (κ3) is 4.22. The van der Waals surface area contributed by atoms with Crippen molar-refractivity contribution in [3.8, 4) is 0 Å². The molecule has 2 aliphatic rings. The third-order valence-corrected chi connectivity index (χ3v) is 4.54. The summed E-state index contributed by atoms with van der Waals surface area (Å²) in [4.78, 5) is 0. The first kappa shape index (κ1) is 11.6. The summed E-state index contributed by atoms with van der Waals surface area (Å²) < 4.78 is 16.5. The summed E-state index contributed by atoms with van der Waals surface area (Å²) in [5, 5.41) is 0.262. The smallest absolute Gasteiger partial charge is 0.104 e. The number of ether oxygens (including phenoxy) is 3. The Labute approximate surface area is 94.9 Å². The van der Waals surface area contributed by atoms with Crippen LogP contribution in [-0.4, -0.2) is 48.0 Å². The molecule has 0 radical (unpaired) electrons. The van der Waals surface area contributed by atoms with Crippen LogP contribution in [0.3, 0.4) is 0 Å². The van der Waals surface area contributed by atoms with Crippen LogP contribution in [0.15, 0.2) is 0 Å². The van der Waals surface area contributed by atoms with E-state index in [9.17, 15) is 0 Å². The minimum atomic E-state index is 0.262. The number of rotatable bonds is 6. The molecule has 2 rings (SSSR count). The Kier molecular flexibility index (Phi) is 4.19. The molecule has 0 saturated carbocycles. The van der Waals surface area contributed by atoms with E-state index in [1.165, 1.54) is 25.7 Å². The topological polar surface area (TPSA) is 31.0 Å². The van der Waals surface area contributed by atoms with Crippen LogP contribution in [0.2, 0.25) is 0 Å². The van der Waals surface area contributed by atoms with Gasteiger partial charge in [0.1, 0.15) is 6.10 Å². The second kappa shape index (κ2) is 5.43. The largest absolute Gasteiger partial charge is 0.380 e. The van der Waals surface area contributed by atoms with Crippen molar-refractivity contribution < 1.29 is 14.2 Å². The van der Waals surface area contributed by atoms with Gasteiger partial charge in [-0.3, -0.25) is 0 Å². The van der Waals surface area contributed by atoms with E-state index in [-0.39, 0.29) is 5.22 Å². The lowest BCUT2D eigenvalue weighted by Gasteiger charge is -2.34. The quantitative estimate of drug-likeness (QED) is 0.377.